The molecule has 0 aliphatic heterocycles. The van der Waals surface area contributed by atoms with Crippen LogP contribution in [0, 0.1) is 5.92 Å². The molecule has 1 aromatic carbocycles. The second-order valence-corrected chi connectivity index (χ2v) is 4.78. The molecule has 0 saturated heterocycles. The Kier molecular flexibility index (Phi) is 2.86. The number of hydrogen-bond acceptors (Lipinski definition) is 0. The highest BCUT2D eigenvalue weighted by Crippen LogP contribution is 2.24. The Labute approximate surface area is 97.4 Å². The SMILES string of the molecule is C=Cc1cccc2cc(CC(C)C)n(C)c12. The van der Waals surface area contributed by atoms with Gasteiger partial charge in [0.15, 0.2) is 0 Å². The van der Waals surface area contributed by atoms with E-state index >= 15 is 0 Å². The van der Waals surface area contributed by atoms with Gasteiger partial charge in [-0.25, -0.2) is 0 Å². The van der Waals surface area contributed by atoms with Crippen LogP contribution < -0.4 is 0 Å². The molecule has 0 bridgehead atoms. The van der Waals surface area contributed by atoms with Gasteiger partial charge in [-0.3, -0.25) is 0 Å². The maximum Gasteiger partial charge on any atom is 0.0553 e. The maximum absolute atomic E-state index is 3.88. The average Bonchev–Trinajstić information content (AvgIpc) is 2.55. The van der Waals surface area contributed by atoms with Crippen molar-refractivity contribution in [1.29, 1.82) is 0 Å². The van der Waals surface area contributed by atoms with Crippen LogP contribution >= 0.6 is 0 Å². The summed E-state index contributed by atoms with van der Waals surface area (Å²) >= 11 is 0. The van der Waals surface area contributed by atoms with Crippen LogP contribution in [0.2, 0.25) is 0 Å². The van der Waals surface area contributed by atoms with Gasteiger partial charge in [-0.15, -0.1) is 0 Å². The molecule has 84 valence electrons. The molecule has 1 heterocycles. The largest absolute Gasteiger partial charge is 0.347 e. The third-order valence-corrected chi connectivity index (χ3v) is 3.02. The van der Waals surface area contributed by atoms with Gasteiger partial charge in [0.1, 0.15) is 0 Å². The molecule has 1 aromatic heterocycles. The van der Waals surface area contributed by atoms with E-state index < -0.39 is 0 Å². The number of benzene rings is 1. The van der Waals surface area contributed by atoms with E-state index in [2.05, 4.69) is 56.3 Å². The molecule has 16 heavy (non-hydrogen) atoms. The summed E-state index contributed by atoms with van der Waals surface area (Å²) in [4.78, 5) is 0. The molecule has 0 unspecified atom stereocenters. The molecular weight excluding hydrogens is 194 g/mol. The van der Waals surface area contributed by atoms with Crippen LogP contribution in [0.3, 0.4) is 0 Å². The number of para-hydroxylation sites is 1. The molecule has 0 N–H and O–H groups in total. The molecule has 0 aliphatic rings. The summed E-state index contributed by atoms with van der Waals surface area (Å²) in [7, 11) is 2.15. The highest BCUT2D eigenvalue weighted by molar-refractivity contribution is 5.89. The molecule has 1 heteroatoms. The van der Waals surface area contributed by atoms with Gasteiger partial charge in [-0.2, -0.15) is 0 Å². The van der Waals surface area contributed by atoms with E-state index in [1.807, 2.05) is 6.08 Å². The predicted octanol–water partition coefficient (Wildman–Crippen LogP) is 4.02. The molecule has 0 aliphatic carbocycles. The Bertz CT molecular complexity index is 517. The summed E-state index contributed by atoms with van der Waals surface area (Å²) in [6.45, 7) is 8.39. The smallest absolute Gasteiger partial charge is 0.0553 e. The van der Waals surface area contributed by atoms with Gasteiger partial charge in [-0.1, -0.05) is 44.7 Å². The number of fused-ring (bicyclic) bond motifs is 1. The Balaban J connectivity index is 2.63. The van der Waals surface area contributed by atoms with Crippen LogP contribution in [0.25, 0.3) is 17.0 Å². The topological polar surface area (TPSA) is 4.93 Å². The van der Waals surface area contributed by atoms with E-state index in [9.17, 15) is 0 Å². The fourth-order valence-electron chi connectivity index (χ4n) is 2.28. The minimum atomic E-state index is 0.690. The molecule has 0 fully saturated rings. The van der Waals surface area contributed by atoms with E-state index in [4.69, 9.17) is 0 Å². The highest BCUT2D eigenvalue weighted by atomic mass is 14.9. The highest BCUT2D eigenvalue weighted by Gasteiger charge is 2.09. The Morgan fingerprint density at radius 3 is 2.75 bits per heavy atom. The number of nitrogens with zero attached hydrogens (tertiary/aromatic N) is 1. The van der Waals surface area contributed by atoms with Crippen molar-refractivity contribution in [3.8, 4) is 0 Å². The lowest BCUT2D eigenvalue weighted by atomic mass is 10.1. The Morgan fingerprint density at radius 2 is 2.12 bits per heavy atom. The summed E-state index contributed by atoms with van der Waals surface area (Å²) in [6, 6.07) is 8.68. The second-order valence-electron chi connectivity index (χ2n) is 4.78. The van der Waals surface area contributed by atoms with Crippen molar-refractivity contribution in [2.45, 2.75) is 20.3 Å². The summed E-state index contributed by atoms with van der Waals surface area (Å²) in [5.41, 5.74) is 3.92. The van der Waals surface area contributed by atoms with Gasteiger partial charge in [0, 0.05) is 18.1 Å². The van der Waals surface area contributed by atoms with Gasteiger partial charge in [-0.05, 0) is 24.0 Å². The van der Waals surface area contributed by atoms with Crippen LogP contribution in [0.15, 0.2) is 30.8 Å². The zero-order valence-electron chi connectivity index (χ0n) is 10.3. The van der Waals surface area contributed by atoms with Crippen molar-refractivity contribution >= 4 is 17.0 Å². The number of aromatic nitrogens is 1. The molecule has 0 atom stereocenters. The van der Waals surface area contributed by atoms with E-state index in [0.29, 0.717) is 5.92 Å². The van der Waals surface area contributed by atoms with E-state index in [1.54, 1.807) is 0 Å². The number of hydrogen-bond donors (Lipinski definition) is 0. The van der Waals surface area contributed by atoms with Crippen molar-refractivity contribution in [1.82, 2.24) is 4.57 Å². The first kappa shape index (κ1) is 11.0. The fraction of sp³-hybridized carbons (Fsp3) is 0.333. The minimum absolute atomic E-state index is 0.690. The summed E-state index contributed by atoms with van der Waals surface area (Å²) < 4.78 is 2.30. The van der Waals surface area contributed by atoms with Gasteiger partial charge in [0.05, 0.1) is 5.52 Å². The Morgan fingerprint density at radius 1 is 1.38 bits per heavy atom. The molecule has 0 amide bonds. The summed E-state index contributed by atoms with van der Waals surface area (Å²) in [5, 5.41) is 1.32. The minimum Gasteiger partial charge on any atom is -0.347 e. The van der Waals surface area contributed by atoms with Gasteiger partial charge < -0.3 is 4.57 Å². The third kappa shape index (κ3) is 1.78. The second kappa shape index (κ2) is 4.17. The van der Waals surface area contributed by atoms with Crippen molar-refractivity contribution < 1.29 is 0 Å². The molecule has 0 spiro atoms. The van der Waals surface area contributed by atoms with E-state index in [-0.39, 0.29) is 0 Å². The van der Waals surface area contributed by atoms with Crippen LogP contribution in [-0.4, -0.2) is 4.57 Å². The van der Waals surface area contributed by atoms with Crippen molar-refractivity contribution in [3.05, 3.63) is 42.1 Å². The first-order valence-electron chi connectivity index (χ1n) is 5.83. The zero-order chi connectivity index (χ0) is 11.7. The molecular formula is C15H19N. The van der Waals surface area contributed by atoms with Crippen LogP contribution in [-0.2, 0) is 13.5 Å². The number of aryl methyl sites for hydroxylation is 1. The van der Waals surface area contributed by atoms with Crippen molar-refractivity contribution in [3.63, 3.8) is 0 Å². The van der Waals surface area contributed by atoms with Gasteiger partial charge in [0.2, 0.25) is 0 Å². The molecule has 2 aromatic rings. The summed E-state index contributed by atoms with van der Waals surface area (Å²) in [6.07, 6.45) is 3.06. The van der Waals surface area contributed by atoms with E-state index in [0.717, 1.165) is 6.42 Å². The van der Waals surface area contributed by atoms with Gasteiger partial charge in [0.25, 0.3) is 0 Å². The maximum atomic E-state index is 3.88. The standard InChI is InChI=1S/C15H19N/c1-5-12-7-6-8-13-10-14(9-11(2)3)16(4)15(12)13/h5-8,10-11H,1,9H2,2-4H3. The van der Waals surface area contributed by atoms with Crippen LogP contribution in [0.1, 0.15) is 25.1 Å². The predicted molar refractivity (Wildman–Crippen MR) is 71.6 cm³/mol. The number of rotatable bonds is 3. The first-order chi connectivity index (χ1) is 7.63. The quantitative estimate of drug-likeness (QED) is 0.725. The monoisotopic (exact) mass is 213 g/mol. The van der Waals surface area contributed by atoms with Crippen LogP contribution in [0.5, 0.6) is 0 Å². The summed E-state index contributed by atoms with van der Waals surface area (Å²) in [5.74, 6) is 0.690. The molecule has 1 nitrogen and oxygen atoms in total. The zero-order valence-corrected chi connectivity index (χ0v) is 10.3. The molecule has 0 saturated carbocycles. The van der Waals surface area contributed by atoms with Crippen molar-refractivity contribution in [2.24, 2.45) is 13.0 Å². The lowest BCUT2D eigenvalue weighted by Crippen LogP contribution is -2.01. The van der Waals surface area contributed by atoms with Crippen LogP contribution in [0.4, 0.5) is 0 Å². The normalized spacial score (nSPS) is 11.2. The Hall–Kier alpha value is -1.50. The molecule has 2 rings (SSSR count). The lowest BCUT2D eigenvalue weighted by Gasteiger charge is -2.07. The first-order valence-corrected chi connectivity index (χ1v) is 5.83. The van der Waals surface area contributed by atoms with Gasteiger partial charge >= 0.3 is 0 Å². The third-order valence-electron chi connectivity index (χ3n) is 3.02. The van der Waals surface area contributed by atoms with E-state index in [1.165, 1.54) is 22.2 Å². The fourth-order valence-corrected chi connectivity index (χ4v) is 2.28. The average molecular weight is 213 g/mol. The van der Waals surface area contributed by atoms with Crippen molar-refractivity contribution in [2.75, 3.05) is 0 Å². The lowest BCUT2D eigenvalue weighted by molar-refractivity contribution is 0.620. The molecule has 0 radical (unpaired) electrons.